The van der Waals surface area contributed by atoms with Gasteiger partial charge in [-0.05, 0) is 24.6 Å². The van der Waals surface area contributed by atoms with E-state index in [0.29, 0.717) is 17.9 Å². The highest BCUT2D eigenvalue weighted by molar-refractivity contribution is 5.96. The Kier molecular flexibility index (Phi) is 4.24. The Labute approximate surface area is 111 Å². The lowest BCUT2D eigenvalue weighted by Crippen LogP contribution is -2.35. The van der Waals surface area contributed by atoms with Gasteiger partial charge in [0.2, 0.25) is 0 Å². The van der Waals surface area contributed by atoms with Crippen molar-refractivity contribution in [1.82, 2.24) is 0 Å². The molecule has 1 unspecified atom stereocenters. The van der Waals surface area contributed by atoms with Crippen LogP contribution in [0.3, 0.4) is 0 Å². The summed E-state index contributed by atoms with van der Waals surface area (Å²) >= 11 is 0. The van der Waals surface area contributed by atoms with E-state index in [4.69, 9.17) is 9.84 Å². The predicted octanol–water partition coefficient (Wildman–Crippen LogP) is 0.197. The number of rotatable bonds is 5. The van der Waals surface area contributed by atoms with Crippen LogP contribution in [-0.2, 0) is 4.79 Å². The minimum absolute atomic E-state index is 0.0142. The summed E-state index contributed by atoms with van der Waals surface area (Å²) in [6, 6.07) is 5.28. The second kappa shape index (κ2) is 5.90. The summed E-state index contributed by atoms with van der Waals surface area (Å²) in [5.41, 5.74) is 1.47. The van der Waals surface area contributed by atoms with Crippen LogP contribution in [0, 0.1) is 0 Å². The van der Waals surface area contributed by atoms with Gasteiger partial charge in [0.05, 0.1) is 18.3 Å². The van der Waals surface area contributed by atoms with E-state index >= 15 is 0 Å². The molecule has 104 valence electrons. The average molecular weight is 266 g/mol. The molecule has 0 saturated carbocycles. The van der Waals surface area contributed by atoms with E-state index in [2.05, 4.69) is 5.32 Å². The lowest BCUT2D eigenvalue weighted by atomic mass is 10.1. The van der Waals surface area contributed by atoms with E-state index in [9.17, 15) is 9.90 Å². The van der Waals surface area contributed by atoms with Crippen molar-refractivity contribution in [2.45, 2.75) is 12.5 Å². The third-order valence-corrected chi connectivity index (χ3v) is 3.22. The molecule has 1 aliphatic rings. The first kappa shape index (κ1) is 13.6. The molecule has 0 saturated heterocycles. The number of carbonyl (C=O) groups is 1. The average Bonchev–Trinajstić information content (AvgIpc) is 2.43. The first-order chi connectivity index (χ1) is 9.15. The minimum Gasteiger partial charge on any atom is -0.482 e. The quantitative estimate of drug-likeness (QED) is 0.709. The van der Waals surface area contributed by atoms with Crippen LogP contribution in [0.25, 0.3) is 0 Å². The van der Waals surface area contributed by atoms with E-state index in [1.54, 1.807) is 12.1 Å². The predicted molar refractivity (Wildman–Crippen MR) is 71.5 cm³/mol. The van der Waals surface area contributed by atoms with Crippen molar-refractivity contribution in [3.05, 3.63) is 18.2 Å². The number of nitrogens with one attached hydrogen (secondary N) is 1. The first-order valence-corrected chi connectivity index (χ1v) is 6.17. The van der Waals surface area contributed by atoms with Gasteiger partial charge in [-0.3, -0.25) is 4.79 Å². The Balaban J connectivity index is 2.20. The number of fused-ring (bicyclic) bond motifs is 1. The highest BCUT2D eigenvalue weighted by Crippen LogP contribution is 2.32. The van der Waals surface area contributed by atoms with Crippen LogP contribution < -0.4 is 15.0 Å². The van der Waals surface area contributed by atoms with Crippen molar-refractivity contribution >= 4 is 17.3 Å². The van der Waals surface area contributed by atoms with Crippen molar-refractivity contribution in [3.8, 4) is 5.75 Å². The Morgan fingerprint density at radius 2 is 2.26 bits per heavy atom. The SMILES string of the molecule is CN(c1ccc2c(c1)NC(=O)CO2)C(CO)CCO. The highest BCUT2D eigenvalue weighted by atomic mass is 16.5. The molecule has 1 atom stereocenters. The van der Waals surface area contributed by atoms with E-state index < -0.39 is 0 Å². The molecule has 0 radical (unpaired) electrons. The third-order valence-electron chi connectivity index (χ3n) is 3.22. The number of aliphatic hydroxyl groups excluding tert-OH is 2. The number of nitrogens with zero attached hydrogens (tertiary/aromatic N) is 1. The Bertz CT molecular complexity index is 464. The zero-order valence-corrected chi connectivity index (χ0v) is 10.8. The van der Waals surface area contributed by atoms with Crippen molar-refractivity contribution in [2.24, 2.45) is 0 Å². The van der Waals surface area contributed by atoms with Crippen LogP contribution in [-0.4, -0.2) is 49.0 Å². The molecule has 0 aliphatic carbocycles. The van der Waals surface area contributed by atoms with Crippen LogP contribution >= 0.6 is 0 Å². The van der Waals surface area contributed by atoms with Crippen LogP contribution in [0.5, 0.6) is 5.75 Å². The lowest BCUT2D eigenvalue weighted by molar-refractivity contribution is -0.118. The second-order valence-corrected chi connectivity index (χ2v) is 4.48. The standard InChI is InChI=1S/C13H18N2O4/c1-15(10(7-17)4-5-16)9-2-3-12-11(6-9)14-13(18)8-19-12/h2-3,6,10,16-17H,4-5,7-8H2,1H3,(H,14,18). The zero-order valence-electron chi connectivity index (χ0n) is 10.8. The van der Waals surface area contributed by atoms with Gasteiger partial charge in [0.1, 0.15) is 5.75 Å². The molecule has 1 aromatic rings. The van der Waals surface area contributed by atoms with Gasteiger partial charge < -0.3 is 25.2 Å². The summed E-state index contributed by atoms with van der Waals surface area (Å²) in [5.74, 6) is 0.459. The normalized spacial score (nSPS) is 15.2. The van der Waals surface area contributed by atoms with Gasteiger partial charge in [-0.25, -0.2) is 0 Å². The number of hydrogen-bond acceptors (Lipinski definition) is 5. The number of ether oxygens (including phenoxy) is 1. The summed E-state index contributed by atoms with van der Waals surface area (Å²) in [5, 5.41) is 21.0. The van der Waals surface area contributed by atoms with Crippen molar-refractivity contribution in [3.63, 3.8) is 0 Å². The fourth-order valence-corrected chi connectivity index (χ4v) is 2.06. The first-order valence-electron chi connectivity index (χ1n) is 6.17. The van der Waals surface area contributed by atoms with Gasteiger partial charge in [-0.15, -0.1) is 0 Å². The molecule has 0 fully saturated rings. The molecular formula is C13H18N2O4. The fraction of sp³-hybridized carbons (Fsp3) is 0.462. The van der Waals surface area contributed by atoms with Gasteiger partial charge in [-0.1, -0.05) is 0 Å². The molecule has 19 heavy (non-hydrogen) atoms. The molecule has 1 aliphatic heterocycles. The minimum atomic E-state index is -0.179. The Morgan fingerprint density at radius 1 is 1.47 bits per heavy atom. The number of likely N-dealkylation sites (N-methyl/N-ethyl adjacent to an activating group) is 1. The maximum absolute atomic E-state index is 11.3. The van der Waals surface area contributed by atoms with Crippen LogP contribution in [0.4, 0.5) is 11.4 Å². The second-order valence-electron chi connectivity index (χ2n) is 4.48. The molecular weight excluding hydrogens is 248 g/mol. The smallest absolute Gasteiger partial charge is 0.262 e. The van der Waals surface area contributed by atoms with Crippen LogP contribution in [0.2, 0.25) is 0 Å². The molecule has 6 heteroatoms. The van der Waals surface area contributed by atoms with Gasteiger partial charge >= 0.3 is 0 Å². The number of aliphatic hydroxyl groups is 2. The van der Waals surface area contributed by atoms with Crippen molar-refractivity contribution in [2.75, 3.05) is 37.1 Å². The summed E-state index contributed by atoms with van der Waals surface area (Å²) < 4.78 is 5.28. The number of amides is 1. The maximum Gasteiger partial charge on any atom is 0.262 e. The van der Waals surface area contributed by atoms with E-state index in [0.717, 1.165) is 5.69 Å². The summed E-state index contributed by atoms with van der Waals surface area (Å²) in [7, 11) is 1.84. The molecule has 0 bridgehead atoms. The van der Waals surface area contributed by atoms with Crippen molar-refractivity contribution < 1.29 is 19.7 Å². The Morgan fingerprint density at radius 3 is 2.95 bits per heavy atom. The molecule has 0 aromatic heterocycles. The van der Waals surface area contributed by atoms with Crippen LogP contribution in [0.15, 0.2) is 18.2 Å². The molecule has 1 amide bonds. The Hall–Kier alpha value is -1.79. The van der Waals surface area contributed by atoms with E-state index in [1.807, 2.05) is 18.0 Å². The van der Waals surface area contributed by atoms with Gasteiger partial charge in [0.15, 0.2) is 6.61 Å². The summed E-state index contributed by atoms with van der Waals surface area (Å²) in [6.45, 7) is 0.00330. The maximum atomic E-state index is 11.3. The number of anilines is 2. The third kappa shape index (κ3) is 2.97. The van der Waals surface area contributed by atoms with Crippen LogP contribution in [0.1, 0.15) is 6.42 Å². The van der Waals surface area contributed by atoms with Gasteiger partial charge in [-0.2, -0.15) is 0 Å². The number of carbonyl (C=O) groups excluding carboxylic acids is 1. The number of benzene rings is 1. The lowest BCUT2D eigenvalue weighted by Gasteiger charge is -2.29. The van der Waals surface area contributed by atoms with E-state index in [1.165, 1.54) is 0 Å². The molecule has 3 N–H and O–H groups in total. The van der Waals surface area contributed by atoms with Gasteiger partial charge in [0, 0.05) is 19.3 Å². The molecule has 6 nitrogen and oxygen atoms in total. The van der Waals surface area contributed by atoms with E-state index in [-0.39, 0.29) is 31.8 Å². The zero-order chi connectivity index (χ0) is 13.8. The molecule has 1 aromatic carbocycles. The molecule has 2 rings (SSSR count). The summed E-state index contributed by atoms with van der Waals surface area (Å²) in [6.07, 6.45) is 0.479. The highest BCUT2D eigenvalue weighted by Gasteiger charge is 2.19. The largest absolute Gasteiger partial charge is 0.482 e. The summed E-state index contributed by atoms with van der Waals surface area (Å²) in [4.78, 5) is 13.1. The topological polar surface area (TPSA) is 82.0 Å². The molecule has 0 spiro atoms. The van der Waals surface area contributed by atoms with Crippen molar-refractivity contribution in [1.29, 1.82) is 0 Å². The number of hydrogen-bond donors (Lipinski definition) is 3. The van der Waals surface area contributed by atoms with Gasteiger partial charge in [0.25, 0.3) is 5.91 Å². The monoisotopic (exact) mass is 266 g/mol. The fourth-order valence-electron chi connectivity index (χ4n) is 2.06. The molecule has 1 heterocycles.